The van der Waals surface area contributed by atoms with Crippen molar-refractivity contribution in [1.29, 1.82) is 0 Å². The maximum atomic E-state index is 5.76. The highest BCUT2D eigenvalue weighted by Gasteiger charge is 2.20. The first kappa shape index (κ1) is 17.0. The molecule has 0 amide bonds. The van der Waals surface area contributed by atoms with Crippen LogP contribution in [0.5, 0.6) is 0 Å². The molecule has 3 rings (SSSR count). The lowest BCUT2D eigenvalue weighted by molar-refractivity contribution is 0.102. The first-order valence-electron chi connectivity index (χ1n) is 8.47. The topological polar surface area (TPSA) is 59.3 Å². The van der Waals surface area contributed by atoms with E-state index in [2.05, 4.69) is 31.2 Å². The Morgan fingerprint density at radius 2 is 2.21 bits per heavy atom. The highest BCUT2D eigenvalue weighted by atomic mass is 16.5. The van der Waals surface area contributed by atoms with Crippen molar-refractivity contribution in [3.8, 4) is 0 Å². The number of pyridine rings is 1. The fourth-order valence-electron chi connectivity index (χ4n) is 2.87. The molecule has 0 saturated heterocycles. The number of hydrogen-bond acceptors (Lipinski definition) is 6. The van der Waals surface area contributed by atoms with E-state index in [4.69, 9.17) is 4.74 Å². The predicted octanol–water partition coefficient (Wildman–Crippen LogP) is 1.16. The summed E-state index contributed by atoms with van der Waals surface area (Å²) in [6.07, 6.45) is 4.83. The zero-order valence-electron chi connectivity index (χ0n) is 14.6. The van der Waals surface area contributed by atoms with Gasteiger partial charge in [-0.05, 0) is 32.1 Å². The number of rotatable bonds is 7. The summed E-state index contributed by atoms with van der Waals surface area (Å²) in [6, 6.07) is 4.11. The largest absolute Gasteiger partial charge is 0.374 e. The maximum absolute atomic E-state index is 5.76. The van der Waals surface area contributed by atoms with Crippen molar-refractivity contribution in [2.75, 3.05) is 33.8 Å². The van der Waals surface area contributed by atoms with E-state index in [0.29, 0.717) is 13.2 Å². The van der Waals surface area contributed by atoms with Crippen LogP contribution < -0.4 is 0 Å². The fraction of sp³-hybridized carbons (Fsp3) is 0.588. The smallest absolute Gasteiger partial charge is 0.113 e. The molecule has 1 aliphatic heterocycles. The van der Waals surface area contributed by atoms with E-state index in [1.807, 2.05) is 37.2 Å². The lowest BCUT2D eigenvalue weighted by atomic mass is 10.2. The van der Waals surface area contributed by atoms with Crippen molar-refractivity contribution in [3.63, 3.8) is 0 Å². The summed E-state index contributed by atoms with van der Waals surface area (Å²) in [6.45, 7) is 5.89. The number of hydrogen-bond donors (Lipinski definition) is 0. The zero-order valence-corrected chi connectivity index (χ0v) is 14.6. The molecule has 130 valence electrons. The molecule has 0 N–H and O–H groups in total. The van der Waals surface area contributed by atoms with Gasteiger partial charge in [-0.1, -0.05) is 11.3 Å². The Balaban J connectivity index is 1.62. The molecule has 0 fully saturated rings. The van der Waals surface area contributed by atoms with Crippen LogP contribution in [-0.4, -0.2) is 63.6 Å². The Hall–Kier alpha value is -1.83. The molecule has 0 spiro atoms. The standard InChI is InChI=1S/C17H26N6O/c1-21(2)9-10-24-14-16-17-13-22(7-4-8-23(17)20-19-16)12-15-5-3-6-18-11-15/h3,5-6,11H,4,7-10,12-14H2,1-2H3. The molecule has 7 nitrogen and oxygen atoms in total. The molecule has 0 aliphatic carbocycles. The van der Waals surface area contributed by atoms with Crippen LogP contribution in [0.4, 0.5) is 0 Å². The Kier molecular flexibility index (Phi) is 5.90. The van der Waals surface area contributed by atoms with Gasteiger partial charge in [-0.3, -0.25) is 9.88 Å². The van der Waals surface area contributed by atoms with Gasteiger partial charge in [-0.25, -0.2) is 4.68 Å². The van der Waals surface area contributed by atoms with Crippen LogP contribution in [0, 0.1) is 0 Å². The Labute approximate surface area is 143 Å². The third-order valence-corrected chi connectivity index (χ3v) is 4.19. The molecule has 0 unspecified atom stereocenters. The van der Waals surface area contributed by atoms with Gasteiger partial charge in [0.25, 0.3) is 0 Å². The Morgan fingerprint density at radius 3 is 3.00 bits per heavy atom. The number of aryl methyl sites for hydroxylation is 1. The van der Waals surface area contributed by atoms with Gasteiger partial charge in [-0.15, -0.1) is 5.10 Å². The van der Waals surface area contributed by atoms with Crippen molar-refractivity contribution in [2.45, 2.75) is 32.7 Å². The van der Waals surface area contributed by atoms with Gasteiger partial charge in [-0.2, -0.15) is 0 Å². The van der Waals surface area contributed by atoms with E-state index in [9.17, 15) is 0 Å². The lowest BCUT2D eigenvalue weighted by Gasteiger charge is -2.19. The van der Waals surface area contributed by atoms with Crippen LogP contribution in [-0.2, 0) is 31.0 Å². The van der Waals surface area contributed by atoms with Crippen LogP contribution >= 0.6 is 0 Å². The van der Waals surface area contributed by atoms with Crippen molar-refractivity contribution in [3.05, 3.63) is 41.5 Å². The van der Waals surface area contributed by atoms with Gasteiger partial charge >= 0.3 is 0 Å². The summed E-state index contributed by atoms with van der Waals surface area (Å²) in [5.41, 5.74) is 3.38. The Bertz CT molecular complexity index is 627. The van der Waals surface area contributed by atoms with Crippen LogP contribution in [0.3, 0.4) is 0 Å². The number of likely N-dealkylation sites (N-methyl/N-ethyl adjacent to an activating group) is 1. The van der Waals surface area contributed by atoms with Crippen molar-refractivity contribution >= 4 is 0 Å². The van der Waals surface area contributed by atoms with E-state index in [-0.39, 0.29) is 0 Å². The average Bonchev–Trinajstić information content (AvgIpc) is 2.83. The normalized spacial score (nSPS) is 15.5. The summed E-state index contributed by atoms with van der Waals surface area (Å²) in [5.74, 6) is 0. The molecule has 0 atom stereocenters. The minimum Gasteiger partial charge on any atom is -0.374 e. The molecular formula is C17H26N6O. The molecule has 24 heavy (non-hydrogen) atoms. The summed E-state index contributed by atoms with van der Waals surface area (Å²) in [7, 11) is 4.09. The quantitative estimate of drug-likeness (QED) is 0.710. The van der Waals surface area contributed by atoms with Gasteiger partial charge in [0, 0.05) is 45.1 Å². The fourth-order valence-corrected chi connectivity index (χ4v) is 2.87. The molecular weight excluding hydrogens is 304 g/mol. The Morgan fingerprint density at radius 1 is 1.29 bits per heavy atom. The molecule has 3 heterocycles. The van der Waals surface area contributed by atoms with E-state index < -0.39 is 0 Å². The second-order valence-corrected chi connectivity index (χ2v) is 6.49. The maximum Gasteiger partial charge on any atom is 0.113 e. The molecule has 1 aliphatic rings. The highest BCUT2D eigenvalue weighted by Crippen LogP contribution is 2.17. The number of nitrogens with zero attached hydrogens (tertiary/aromatic N) is 6. The molecule has 0 aromatic carbocycles. The first-order chi connectivity index (χ1) is 11.7. The monoisotopic (exact) mass is 330 g/mol. The number of fused-ring (bicyclic) bond motifs is 1. The molecule has 0 bridgehead atoms. The third-order valence-electron chi connectivity index (χ3n) is 4.19. The van der Waals surface area contributed by atoms with E-state index in [0.717, 1.165) is 44.8 Å². The first-order valence-corrected chi connectivity index (χ1v) is 8.47. The molecule has 2 aromatic heterocycles. The van der Waals surface area contributed by atoms with Crippen LogP contribution in [0.15, 0.2) is 24.5 Å². The second-order valence-electron chi connectivity index (χ2n) is 6.49. The SMILES string of the molecule is CN(C)CCOCc1nnn2c1CN(Cc1cccnc1)CCC2. The highest BCUT2D eigenvalue weighted by molar-refractivity contribution is 5.12. The number of ether oxygens (including phenoxy) is 1. The third kappa shape index (κ3) is 4.59. The minimum atomic E-state index is 0.532. The van der Waals surface area contributed by atoms with E-state index in [1.54, 1.807) is 0 Å². The molecule has 2 aromatic rings. The summed E-state index contributed by atoms with van der Waals surface area (Å²) >= 11 is 0. The van der Waals surface area contributed by atoms with Crippen molar-refractivity contribution in [2.24, 2.45) is 0 Å². The van der Waals surface area contributed by atoms with E-state index >= 15 is 0 Å². The van der Waals surface area contributed by atoms with Crippen LogP contribution in [0.2, 0.25) is 0 Å². The zero-order chi connectivity index (χ0) is 16.8. The molecule has 0 radical (unpaired) electrons. The second kappa shape index (κ2) is 8.32. The summed E-state index contributed by atoms with van der Waals surface area (Å²) in [5, 5.41) is 8.64. The lowest BCUT2D eigenvalue weighted by Crippen LogP contribution is -2.23. The molecule has 0 saturated carbocycles. The van der Waals surface area contributed by atoms with E-state index in [1.165, 1.54) is 11.3 Å². The van der Waals surface area contributed by atoms with Crippen LogP contribution in [0.1, 0.15) is 23.4 Å². The van der Waals surface area contributed by atoms with Crippen LogP contribution in [0.25, 0.3) is 0 Å². The predicted molar refractivity (Wildman–Crippen MR) is 91.2 cm³/mol. The summed E-state index contributed by atoms with van der Waals surface area (Å²) < 4.78 is 7.80. The minimum absolute atomic E-state index is 0.532. The summed E-state index contributed by atoms with van der Waals surface area (Å²) in [4.78, 5) is 8.75. The molecule has 7 heteroatoms. The van der Waals surface area contributed by atoms with Crippen molar-refractivity contribution in [1.82, 2.24) is 29.8 Å². The average molecular weight is 330 g/mol. The van der Waals surface area contributed by atoms with Gasteiger partial charge in [0.1, 0.15) is 5.69 Å². The number of aromatic nitrogens is 4. The van der Waals surface area contributed by atoms with Gasteiger partial charge in [0.15, 0.2) is 0 Å². The van der Waals surface area contributed by atoms with Gasteiger partial charge in [0.05, 0.1) is 18.9 Å². The van der Waals surface area contributed by atoms with Gasteiger partial charge in [0.2, 0.25) is 0 Å². The van der Waals surface area contributed by atoms with Crippen molar-refractivity contribution < 1.29 is 4.74 Å². The van der Waals surface area contributed by atoms with Gasteiger partial charge < -0.3 is 9.64 Å².